The highest BCUT2D eigenvalue weighted by molar-refractivity contribution is 5.99. The summed E-state index contributed by atoms with van der Waals surface area (Å²) in [4.78, 5) is 24.4. The van der Waals surface area contributed by atoms with Gasteiger partial charge in [-0.2, -0.15) is 4.98 Å². The molecule has 150 valence electrons. The van der Waals surface area contributed by atoms with Crippen LogP contribution in [0, 0.1) is 0 Å². The van der Waals surface area contributed by atoms with Gasteiger partial charge in [0.2, 0.25) is 11.8 Å². The molecule has 8 nitrogen and oxygen atoms in total. The van der Waals surface area contributed by atoms with Crippen LogP contribution in [0.1, 0.15) is 11.6 Å². The molecule has 0 saturated carbocycles. The zero-order chi connectivity index (χ0) is 20.9. The highest BCUT2D eigenvalue weighted by Gasteiger charge is 2.17. The van der Waals surface area contributed by atoms with Gasteiger partial charge >= 0.3 is 0 Å². The Balaban J connectivity index is 1.62. The van der Waals surface area contributed by atoms with Crippen molar-refractivity contribution in [2.45, 2.75) is 6.04 Å². The van der Waals surface area contributed by atoms with Crippen LogP contribution in [-0.2, 0) is 4.79 Å². The van der Waals surface area contributed by atoms with Crippen LogP contribution in [0.4, 0.5) is 11.5 Å². The molecule has 0 unspecified atom stereocenters. The van der Waals surface area contributed by atoms with Crippen LogP contribution in [0.2, 0.25) is 0 Å². The first kappa shape index (κ1) is 19.3. The molecule has 2 aromatic carbocycles. The first-order valence-corrected chi connectivity index (χ1v) is 9.25. The number of aromatic nitrogens is 3. The smallest absolute Gasteiger partial charge is 0.252 e. The number of fused-ring (bicyclic) bond motifs is 1. The normalized spacial score (nSPS) is 11.8. The highest BCUT2D eigenvalue weighted by Crippen LogP contribution is 2.29. The lowest BCUT2D eigenvalue weighted by Crippen LogP contribution is -2.15. The van der Waals surface area contributed by atoms with E-state index in [0.717, 1.165) is 11.1 Å². The lowest BCUT2D eigenvalue weighted by atomic mass is 10.1. The van der Waals surface area contributed by atoms with Crippen molar-refractivity contribution >= 4 is 28.6 Å². The molecule has 0 bridgehead atoms. The van der Waals surface area contributed by atoms with Crippen molar-refractivity contribution in [3.8, 4) is 11.5 Å². The lowest BCUT2D eigenvalue weighted by molar-refractivity contribution is -0.111. The van der Waals surface area contributed by atoms with Crippen molar-refractivity contribution in [2.75, 3.05) is 17.2 Å². The molecule has 1 atom stereocenters. The van der Waals surface area contributed by atoms with E-state index in [1.165, 1.54) is 12.4 Å². The number of carbonyl (C=O) groups excluding carboxylic acids is 1. The van der Waals surface area contributed by atoms with Gasteiger partial charge < -0.3 is 20.2 Å². The third-order valence-electron chi connectivity index (χ3n) is 4.48. The van der Waals surface area contributed by atoms with Crippen molar-refractivity contribution < 1.29 is 14.3 Å². The molecule has 2 heterocycles. The summed E-state index contributed by atoms with van der Waals surface area (Å²) in [6, 6.07) is 16.3. The van der Waals surface area contributed by atoms with E-state index in [1.54, 1.807) is 24.3 Å². The molecule has 0 spiro atoms. The van der Waals surface area contributed by atoms with Crippen LogP contribution < -0.4 is 10.6 Å². The average Bonchev–Trinajstić information content (AvgIpc) is 3.23. The number of amides is 1. The molecule has 0 aliphatic rings. The molecule has 0 fully saturated rings. The van der Waals surface area contributed by atoms with Gasteiger partial charge in [-0.25, -0.2) is 9.97 Å². The third-order valence-corrected chi connectivity index (χ3v) is 4.48. The van der Waals surface area contributed by atoms with E-state index in [0.29, 0.717) is 28.6 Å². The number of aliphatic hydroxyl groups excluding tert-OH is 1. The Kier molecular flexibility index (Phi) is 5.49. The largest absolute Gasteiger partial charge is 0.417 e. The van der Waals surface area contributed by atoms with Crippen LogP contribution in [0.5, 0.6) is 0 Å². The number of anilines is 2. The Morgan fingerprint density at radius 3 is 2.60 bits per heavy atom. The summed E-state index contributed by atoms with van der Waals surface area (Å²) in [7, 11) is 0. The summed E-state index contributed by atoms with van der Waals surface area (Å²) in [5, 5.41) is 15.7. The summed E-state index contributed by atoms with van der Waals surface area (Å²) in [5.41, 5.74) is 3.07. The van der Waals surface area contributed by atoms with Gasteiger partial charge in [-0.05, 0) is 35.9 Å². The molecule has 4 aromatic rings. The van der Waals surface area contributed by atoms with Crippen molar-refractivity contribution in [3.63, 3.8) is 0 Å². The van der Waals surface area contributed by atoms with Crippen LogP contribution in [0.15, 0.2) is 78.0 Å². The Morgan fingerprint density at radius 1 is 1.13 bits per heavy atom. The molecule has 4 rings (SSSR count). The van der Waals surface area contributed by atoms with E-state index >= 15 is 0 Å². The van der Waals surface area contributed by atoms with E-state index in [-0.39, 0.29) is 18.6 Å². The third kappa shape index (κ3) is 4.03. The van der Waals surface area contributed by atoms with Crippen LogP contribution >= 0.6 is 0 Å². The Morgan fingerprint density at radius 2 is 1.90 bits per heavy atom. The topological polar surface area (TPSA) is 113 Å². The summed E-state index contributed by atoms with van der Waals surface area (Å²) in [5.74, 6) is 0.552. The molecule has 8 heteroatoms. The predicted molar refractivity (Wildman–Crippen MR) is 114 cm³/mol. The molecule has 30 heavy (non-hydrogen) atoms. The van der Waals surface area contributed by atoms with E-state index in [1.807, 2.05) is 30.3 Å². The number of hydrogen-bond acceptors (Lipinski definition) is 7. The summed E-state index contributed by atoms with van der Waals surface area (Å²) in [6.07, 6.45) is 2.59. The monoisotopic (exact) mass is 401 g/mol. The van der Waals surface area contributed by atoms with Gasteiger partial charge in [0.05, 0.1) is 12.6 Å². The number of benzene rings is 2. The minimum Gasteiger partial charge on any atom is -0.417 e. The maximum atomic E-state index is 11.4. The van der Waals surface area contributed by atoms with Crippen LogP contribution in [-0.4, -0.2) is 32.6 Å². The average molecular weight is 401 g/mol. The standard InChI is InChI=1S/C22H19N5O3/c1-2-18(29)25-16-10-8-15(9-11-16)21-27-19-20(23-13-24-22(19)30-21)26-17(12-28)14-6-4-3-5-7-14/h2-11,13,17,28H,1,12H2,(H,25,29)(H,23,24,26)/t17-/m1/s1. The van der Waals surface area contributed by atoms with E-state index < -0.39 is 0 Å². The molecular formula is C22H19N5O3. The van der Waals surface area contributed by atoms with Gasteiger partial charge in [0.1, 0.15) is 6.33 Å². The highest BCUT2D eigenvalue weighted by atomic mass is 16.4. The second-order valence-corrected chi connectivity index (χ2v) is 6.46. The van der Waals surface area contributed by atoms with Gasteiger partial charge in [-0.15, -0.1) is 0 Å². The molecule has 0 radical (unpaired) electrons. The van der Waals surface area contributed by atoms with Crippen LogP contribution in [0.3, 0.4) is 0 Å². The van der Waals surface area contributed by atoms with Gasteiger partial charge in [0.25, 0.3) is 5.71 Å². The van der Waals surface area contributed by atoms with Crippen molar-refractivity contribution in [3.05, 3.63) is 79.1 Å². The Labute approximate surface area is 172 Å². The maximum Gasteiger partial charge on any atom is 0.252 e. The van der Waals surface area contributed by atoms with E-state index in [4.69, 9.17) is 4.42 Å². The number of rotatable bonds is 7. The molecular weight excluding hydrogens is 382 g/mol. The zero-order valence-electron chi connectivity index (χ0n) is 15.9. The fourth-order valence-electron chi connectivity index (χ4n) is 2.96. The number of nitrogens with one attached hydrogen (secondary N) is 2. The quantitative estimate of drug-likeness (QED) is 0.406. The molecule has 1 amide bonds. The predicted octanol–water partition coefficient (Wildman–Crippen LogP) is 3.55. The number of oxazole rings is 1. The summed E-state index contributed by atoms with van der Waals surface area (Å²) >= 11 is 0. The molecule has 3 N–H and O–H groups in total. The van der Waals surface area contributed by atoms with Gasteiger partial charge in [-0.3, -0.25) is 4.79 Å². The Bertz CT molecular complexity index is 1170. The van der Waals surface area contributed by atoms with E-state index in [9.17, 15) is 9.90 Å². The maximum absolute atomic E-state index is 11.4. The lowest BCUT2D eigenvalue weighted by Gasteiger charge is -2.17. The van der Waals surface area contributed by atoms with Crippen molar-refractivity contribution in [2.24, 2.45) is 0 Å². The van der Waals surface area contributed by atoms with E-state index in [2.05, 4.69) is 32.2 Å². The second kappa shape index (κ2) is 8.54. The van der Waals surface area contributed by atoms with Crippen molar-refractivity contribution in [1.82, 2.24) is 15.0 Å². The molecule has 2 aromatic heterocycles. The number of carbonyl (C=O) groups is 1. The number of aliphatic hydroxyl groups is 1. The van der Waals surface area contributed by atoms with Crippen molar-refractivity contribution in [1.29, 1.82) is 0 Å². The molecule has 0 aliphatic carbocycles. The summed E-state index contributed by atoms with van der Waals surface area (Å²) in [6.45, 7) is 3.32. The molecule has 0 aliphatic heterocycles. The molecule has 0 saturated heterocycles. The summed E-state index contributed by atoms with van der Waals surface area (Å²) < 4.78 is 5.79. The minimum atomic E-state index is -0.350. The second-order valence-electron chi connectivity index (χ2n) is 6.46. The number of nitrogens with zero attached hydrogens (tertiary/aromatic N) is 3. The number of hydrogen-bond donors (Lipinski definition) is 3. The first-order chi connectivity index (χ1) is 14.7. The van der Waals surface area contributed by atoms with Gasteiger partial charge in [-0.1, -0.05) is 36.9 Å². The Hall–Kier alpha value is -4.04. The zero-order valence-corrected chi connectivity index (χ0v) is 15.9. The van der Waals surface area contributed by atoms with Crippen LogP contribution in [0.25, 0.3) is 22.7 Å². The fraction of sp³-hybridized carbons (Fsp3) is 0.0909. The minimum absolute atomic E-state index is 0.113. The van der Waals surface area contributed by atoms with Gasteiger partial charge in [0, 0.05) is 11.3 Å². The van der Waals surface area contributed by atoms with Gasteiger partial charge in [0.15, 0.2) is 11.3 Å². The SMILES string of the molecule is C=CC(=O)Nc1ccc(-c2nc3c(N[C@H](CO)c4ccccc4)ncnc3o2)cc1. The fourth-order valence-corrected chi connectivity index (χ4v) is 2.96. The first-order valence-electron chi connectivity index (χ1n) is 9.25.